The summed E-state index contributed by atoms with van der Waals surface area (Å²) in [6.07, 6.45) is 5.35. The molecule has 108 valence electrons. The summed E-state index contributed by atoms with van der Waals surface area (Å²) >= 11 is 0. The zero-order chi connectivity index (χ0) is 14.0. The normalized spacial score (nSPS) is 26.7. The standard InChI is InChI=1S/C16H34N2/c1-15(2,3)12-18(7)14-10-8-13(9-11-14)17-16(4,5)6/h13-14,17H,8-12H2,1-7H3/t13-,14+. The maximum atomic E-state index is 3.75. The van der Waals surface area contributed by atoms with Gasteiger partial charge in [0.1, 0.15) is 0 Å². The molecule has 0 amide bonds. The Bertz CT molecular complexity index is 239. The fourth-order valence-electron chi connectivity index (χ4n) is 3.15. The van der Waals surface area contributed by atoms with Gasteiger partial charge in [-0.25, -0.2) is 0 Å². The molecule has 0 radical (unpaired) electrons. The predicted octanol–water partition coefficient (Wildman–Crippen LogP) is 3.66. The molecule has 18 heavy (non-hydrogen) atoms. The van der Waals surface area contributed by atoms with Crippen LogP contribution in [0.15, 0.2) is 0 Å². The van der Waals surface area contributed by atoms with Crippen molar-refractivity contribution in [1.29, 1.82) is 0 Å². The number of hydrogen-bond acceptors (Lipinski definition) is 2. The van der Waals surface area contributed by atoms with E-state index >= 15 is 0 Å². The summed E-state index contributed by atoms with van der Waals surface area (Å²) in [5, 5.41) is 3.75. The molecule has 1 fully saturated rings. The minimum atomic E-state index is 0.259. The van der Waals surface area contributed by atoms with E-state index < -0.39 is 0 Å². The lowest BCUT2D eigenvalue weighted by Gasteiger charge is -2.39. The first-order valence-electron chi connectivity index (χ1n) is 7.55. The van der Waals surface area contributed by atoms with Crippen molar-refractivity contribution < 1.29 is 0 Å². The molecule has 1 N–H and O–H groups in total. The van der Waals surface area contributed by atoms with Crippen LogP contribution in [0.25, 0.3) is 0 Å². The summed E-state index contributed by atoms with van der Waals surface area (Å²) in [4.78, 5) is 2.58. The molecule has 0 spiro atoms. The van der Waals surface area contributed by atoms with E-state index in [2.05, 4.69) is 58.8 Å². The minimum absolute atomic E-state index is 0.259. The summed E-state index contributed by atoms with van der Waals surface area (Å²) < 4.78 is 0. The molecular formula is C16H34N2. The first kappa shape index (κ1) is 16.0. The second-order valence-electron chi connectivity index (χ2n) is 8.38. The molecule has 0 heterocycles. The molecule has 2 nitrogen and oxygen atoms in total. The lowest BCUT2D eigenvalue weighted by Crippen LogP contribution is -2.48. The van der Waals surface area contributed by atoms with Gasteiger partial charge in [0, 0.05) is 24.2 Å². The second kappa shape index (κ2) is 5.92. The van der Waals surface area contributed by atoms with Crippen molar-refractivity contribution in [1.82, 2.24) is 10.2 Å². The highest BCUT2D eigenvalue weighted by molar-refractivity contribution is 4.86. The van der Waals surface area contributed by atoms with E-state index in [-0.39, 0.29) is 5.54 Å². The van der Waals surface area contributed by atoms with Crippen LogP contribution in [-0.4, -0.2) is 36.1 Å². The summed E-state index contributed by atoms with van der Waals surface area (Å²) in [5.74, 6) is 0. The van der Waals surface area contributed by atoms with Crippen molar-refractivity contribution in [2.24, 2.45) is 5.41 Å². The largest absolute Gasteiger partial charge is 0.309 e. The van der Waals surface area contributed by atoms with Crippen molar-refractivity contribution in [3.63, 3.8) is 0 Å². The van der Waals surface area contributed by atoms with Crippen molar-refractivity contribution in [2.75, 3.05) is 13.6 Å². The highest BCUT2D eigenvalue weighted by atomic mass is 15.1. The second-order valence-corrected chi connectivity index (χ2v) is 8.38. The van der Waals surface area contributed by atoms with Gasteiger partial charge in [-0.2, -0.15) is 0 Å². The maximum Gasteiger partial charge on any atom is 0.00990 e. The van der Waals surface area contributed by atoms with Gasteiger partial charge < -0.3 is 10.2 Å². The molecule has 0 aliphatic heterocycles. The minimum Gasteiger partial charge on any atom is -0.309 e. The van der Waals surface area contributed by atoms with Gasteiger partial charge in [-0.3, -0.25) is 0 Å². The van der Waals surface area contributed by atoms with Crippen LogP contribution in [0.5, 0.6) is 0 Å². The molecule has 1 rings (SSSR count). The smallest absolute Gasteiger partial charge is 0.00990 e. The van der Waals surface area contributed by atoms with Crippen LogP contribution in [0.1, 0.15) is 67.2 Å². The average molecular weight is 254 g/mol. The van der Waals surface area contributed by atoms with Gasteiger partial charge in [-0.1, -0.05) is 20.8 Å². The SMILES string of the molecule is CN(CC(C)(C)C)[C@H]1CC[C@@H](NC(C)(C)C)CC1. The maximum absolute atomic E-state index is 3.75. The number of hydrogen-bond donors (Lipinski definition) is 1. The van der Waals surface area contributed by atoms with E-state index in [0.717, 1.165) is 12.1 Å². The van der Waals surface area contributed by atoms with Gasteiger partial charge in [0.05, 0.1) is 0 Å². The number of nitrogens with one attached hydrogen (secondary N) is 1. The van der Waals surface area contributed by atoms with Crippen LogP contribution < -0.4 is 5.32 Å². The molecule has 0 aromatic carbocycles. The molecule has 0 unspecified atom stereocenters. The van der Waals surface area contributed by atoms with Crippen LogP contribution in [0.4, 0.5) is 0 Å². The first-order chi connectivity index (χ1) is 8.07. The number of nitrogens with zero attached hydrogens (tertiary/aromatic N) is 1. The average Bonchev–Trinajstić information content (AvgIpc) is 2.13. The van der Waals surface area contributed by atoms with E-state index in [0.29, 0.717) is 5.41 Å². The van der Waals surface area contributed by atoms with Gasteiger partial charge in [0.2, 0.25) is 0 Å². The van der Waals surface area contributed by atoms with Crippen molar-refractivity contribution in [2.45, 2.75) is 84.8 Å². The van der Waals surface area contributed by atoms with Crippen LogP contribution in [-0.2, 0) is 0 Å². The van der Waals surface area contributed by atoms with Gasteiger partial charge >= 0.3 is 0 Å². The van der Waals surface area contributed by atoms with E-state index in [1.54, 1.807) is 0 Å². The van der Waals surface area contributed by atoms with E-state index in [1.807, 2.05) is 0 Å². The molecule has 1 aliphatic rings. The van der Waals surface area contributed by atoms with E-state index in [4.69, 9.17) is 0 Å². The fraction of sp³-hybridized carbons (Fsp3) is 1.00. The molecule has 0 aromatic rings. The zero-order valence-corrected chi connectivity index (χ0v) is 13.6. The molecule has 1 saturated carbocycles. The zero-order valence-electron chi connectivity index (χ0n) is 13.6. The van der Waals surface area contributed by atoms with Crippen LogP contribution >= 0.6 is 0 Å². The molecule has 0 aromatic heterocycles. The van der Waals surface area contributed by atoms with Crippen molar-refractivity contribution in [3.8, 4) is 0 Å². The number of rotatable bonds is 3. The molecule has 1 aliphatic carbocycles. The molecule has 2 heteroatoms. The summed E-state index contributed by atoms with van der Waals surface area (Å²) in [6, 6.07) is 1.52. The highest BCUT2D eigenvalue weighted by Crippen LogP contribution is 2.26. The Morgan fingerprint density at radius 2 is 1.44 bits per heavy atom. The van der Waals surface area contributed by atoms with Gasteiger partial charge in [-0.15, -0.1) is 0 Å². The molecule has 0 saturated heterocycles. The first-order valence-corrected chi connectivity index (χ1v) is 7.55. The lowest BCUT2D eigenvalue weighted by molar-refractivity contribution is 0.126. The fourth-order valence-corrected chi connectivity index (χ4v) is 3.15. The van der Waals surface area contributed by atoms with Crippen LogP contribution in [0.2, 0.25) is 0 Å². The third kappa shape index (κ3) is 6.19. The van der Waals surface area contributed by atoms with E-state index in [9.17, 15) is 0 Å². The Kier molecular flexibility index (Phi) is 5.25. The summed E-state index contributed by atoms with van der Waals surface area (Å²) in [6.45, 7) is 15.0. The van der Waals surface area contributed by atoms with Crippen LogP contribution in [0, 0.1) is 5.41 Å². The summed E-state index contributed by atoms with van der Waals surface area (Å²) in [7, 11) is 2.30. The molecule has 0 bridgehead atoms. The Hall–Kier alpha value is -0.0800. The monoisotopic (exact) mass is 254 g/mol. The topological polar surface area (TPSA) is 15.3 Å². The van der Waals surface area contributed by atoms with E-state index in [1.165, 1.54) is 32.2 Å². The van der Waals surface area contributed by atoms with Gasteiger partial charge in [0.25, 0.3) is 0 Å². The molecular weight excluding hydrogens is 220 g/mol. The molecule has 0 atom stereocenters. The Balaban J connectivity index is 2.35. The highest BCUT2D eigenvalue weighted by Gasteiger charge is 2.27. The third-order valence-electron chi connectivity index (χ3n) is 3.68. The van der Waals surface area contributed by atoms with Gasteiger partial charge in [0.15, 0.2) is 0 Å². The summed E-state index contributed by atoms with van der Waals surface area (Å²) in [5.41, 5.74) is 0.671. The Morgan fingerprint density at radius 1 is 0.944 bits per heavy atom. The Morgan fingerprint density at radius 3 is 1.83 bits per heavy atom. The quantitative estimate of drug-likeness (QED) is 0.827. The Labute approximate surface area is 115 Å². The van der Waals surface area contributed by atoms with Gasteiger partial charge in [-0.05, 0) is 58.9 Å². The van der Waals surface area contributed by atoms with Crippen LogP contribution in [0.3, 0.4) is 0 Å². The lowest BCUT2D eigenvalue weighted by atomic mass is 9.87. The van der Waals surface area contributed by atoms with Crippen molar-refractivity contribution >= 4 is 0 Å². The predicted molar refractivity (Wildman–Crippen MR) is 81.0 cm³/mol. The third-order valence-corrected chi connectivity index (χ3v) is 3.68. The van der Waals surface area contributed by atoms with Crippen molar-refractivity contribution in [3.05, 3.63) is 0 Å².